The van der Waals surface area contributed by atoms with Crippen molar-refractivity contribution in [2.24, 2.45) is 0 Å². The van der Waals surface area contributed by atoms with Crippen molar-refractivity contribution < 1.29 is 9.53 Å². The number of halogens is 2. The lowest BCUT2D eigenvalue weighted by Gasteiger charge is -2.10. The number of benzene rings is 2. The summed E-state index contributed by atoms with van der Waals surface area (Å²) in [6, 6.07) is 11.0. The normalized spacial score (nSPS) is 10.5. The first-order valence-corrected chi connectivity index (χ1v) is 7.35. The van der Waals surface area contributed by atoms with E-state index in [0.29, 0.717) is 22.0 Å². The van der Waals surface area contributed by atoms with Crippen molar-refractivity contribution in [1.29, 1.82) is 0 Å². The summed E-state index contributed by atoms with van der Waals surface area (Å²) in [6.45, 7) is 1.98. The average Bonchev–Trinajstić information content (AvgIpc) is 2.43. The second-order valence-corrected chi connectivity index (χ2v) is 5.72. The minimum atomic E-state index is 0.0499. The van der Waals surface area contributed by atoms with E-state index >= 15 is 0 Å². The van der Waals surface area contributed by atoms with Gasteiger partial charge in [0.15, 0.2) is 0 Å². The lowest BCUT2D eigenvalue weighted by atomic mass is 10.0. The van der Waals surface area contributed by atoms with Crippen LogP contribution < -0.4 is 4.74 Å². The molecular formula is C17H16Cl2O2. The van der Waals surface area contributed by atoms with Gasteiger partial charge in [0.1, 0.15) is 11.5 Å². The maximum Gasteiger partial charge on any atom is 0.141 e. The molecule has 0 aliphatic rings. The Kier molecular flexibility index (Phi) is 5.27. The average molecular weight is 323 g/mol. The summed E-state index contributed by atoms with van der Waals surface area (Å²) in [5, 5.41) is 1.04. The minimum Gasteiger partial charge on any atom is -0.496 e. The van der Waals surface area contributed by atoms with E-state index in [4.69, 9.17) is 27.9 Å². The maximum absolute atomic E-state index is 12.3. The Morgan fingerprint density at radius 2 is 1.76 bits per heavy atom. The number of Topliss-reactive ketones (excluding diaryl/α,β-unsaturated/α-hetero) is 1. The number of methoxy groups -OCH3 is 1. The monoisotopic (exact) mass is 322 g/mol. The van der Waals surface area contributed by atoms with Gasteiger partial charge in [0.2, 0.25) is 0 Å². The van der Waals surface area contributed by atoms with Crippen LogP contribution in [-0.2, 0) is 17.6 Å². The third kappa shape index (κ3) is 3.99. The summed E-state index contributed by atoms with van der Waals surface area (Å²) in [6.07, 6.45) is 0.516. The number of ether oxygens (including phenoxy) is 1. The summed E-state index contributed by atoms with van der Waals surface area (Å²) < 4.78 is 5.29. The van der Waals surface area contributed by atoms with Crippen molar-refractivity contribution in [3.05, 3.63) is 63.1 Å². The van der Waals surface area contributed by atoms with Gasteiger partial charge >= 0.3 is 0 Å². The van der Waals surface area contributed by atoms with Crippen molar-refractivity contribution >= 4 is 29.0 Å². The van der Waals surface area contributed by atoms with Gasteiger partial charge in [-0.25, -0.2) is 0 Å². The van der Waals surface area contributed by atoms with Crippen LogP contribution in [0.15, 0.2) is 36.4 Å². The summed E-state index contributed by atoms with van der Waals surface area (Å²) in [4.78, 5) is 12.3. The first kappa shape index (κ1) is 15.9. The Morgan fingerprint density at radius 1 is 1.10 bits per heavy atom. The molecule has 2 rings (SSSR count). The minimum absolute atomic E-state index is 0.0499. The molecule has 0 saturated carbocycles. The van der Waals surface area contributed by atoms with Crippen molar-refractivity contribution in [3.8, 4) is 5.75 Å². The van der Waals surface area contributed by atoms with Crippen LogP contribution in [0.4, 0.5) is 0 Å². The van der Waals surface area contributed by atoms with E-state index in [-0.39, 0.29) is 12.2 Å². The topological polar surface area (TPSA) is 26.3 Å². The van der Waals surface area contributed by atoms with Gasteiger partial charge in [0, 0.05) is 28.5 Å². The first-order chi connectivity index (χ1) is 10.0. The highest BCUT2D eigenvalue weighted by Gasteiger charge is 2.13. The lowest BCUT2D eigenvalue weighted by molar-refractivity contribution is -0.117. The Balaban J connectivity index is 2.17. The van der Waals surface area contributed by atoms with E-state index in [0.717, 1.165) is 16.9 Å². The molecule has 0 heterocycles. The fraction of sp³-hybridized carbons (Fsp3) is 0.235. The molecule has 0 N–H and O–H groups in total. The van der Waals surface area contributed by atoms with E-state index in [2.05, 4.69) is 0 Å². The fourth-order valence-corrected chi connectivity index (χ4v) is 2.75. The van der Waals surface area contributed by atoms with E-state index < -0.39 is 0 Å². The molecule has 0 spiro atoms. The highest BCUT2D eigenvalue weighted by atomic mass is 35.5. The van der Waals surface area contributed by atoms with Gasteiger partial charge in [-0.2, -0.15) is 0 Å². The first-order valence-electron chi connectivity index (χ1n) is 6.59. The van der Waals surface area contributed by atoms with E-state index in [1.54, 1.807) is 25.3 Å². The lowest BCUT2D eigenvalue weighted by Crippen LogP contribution is -2.08. The molecule has 2 aromatic carbocycles. The molecule has 0 unspecified atom stereocenters. The number of rotatable bonds is 5. The third-order valence-corrected chi connectivity index (χ3v) is 3.97. The number of carbonyl (C=O) groups is 1. The van der Waals surface area contributed by atoms with Crippen molar-refractivity contribution in [1.82, 2.24) is 0 Å². The molecule has 0 radical (unpaired) electrons. The smallest absolute Gasteiger partial charge is 0.141 e. The number of carbonyl (C=O) groups excluding carboxylic acids is 1. The van der Waals surface area contributed by atoms with Gasteiger partial charge in [-0.1, -0.05) is 47.0 Å². The van der Waals surface area contributed by atoms with Crippen LogP contribution in [0.3, 0.4) is 0 Å². The predicted molar refractivity (Wildman–Crippen MR) is 86.6 cm³/mol. The van der Waals surface area contributed by atoms with Gasteiger partial charge in [-0.3, -0.25) is 4.79 Å². The molecule has 0 aromatic heterocycles. The summed E-state index contributed by atoms with van der Waals surface area (Å²) >= 11 is 12.2. The van der Waals surface area contributed by atoms with Crippen LogP contribution in [0.5, 0.6) is 5.75 Å². The predicted octanol–water partition coefficient (Wildman–Crippen LogP) is 4.66. The highest BCUT2D eigenvalue weighted by molar-refractivity contribution is 6.36. The van der Waals surface area contributed by atoms with Crippen LogP contribution in [0.1, 0.15) is 16.7 Å². The summed E-state index contributed by atoms with van der Waals surface area (Å²) in [5.41, 5.74) is 2.65. The Bertz CT molecular complexity index is 646. The molecule has 21 heavy (non-hydrogen) atoms. The zero-order valence-corrected chi connectivity index (χ0v) is 13.5. The standard InChI is InChI=1S/C17H16Cl2O2/c1-11-6-7-17(21-2)12(8-11)9-13(20)10-14-15(18)4-3-5-16(14)19/h3-8H,9-10H2,1-2H3. The quantitative estimate of drug-likeness (QED) is 0.799. The molecule has 2 aromatic rings. The second-order valence-electron chi connectivity index (χ2n) is 4.91. The molecule has 0 amide bonds. The van der Waals surface area contributed by atoms with Gasteiger partial charge in [0.25, 0.3) is 0 Å². The van der Waals surface area contributed by atoms with Crippen molar-refractivity contribution in [3.63, 3.8) is 0 Å². The Hall–Kier alpha value is -1.51. The fourth-order valence-electron chi connectivity index (χ4n) is 2.22. The van der Waals surface area contributed by atoms with Gasteiger partial charge in [-0.05, 0) is 30.7 Å². The zero-order valence-electron chi connectivity index (χ0n) is 12.0. The molecule has 0 atom stereocenters. The second kappa shape index (κ2) is 6.97. The van der Waals surface area contributed by atoms with Crippen LogP contribution in [0, 0.1) is 6.92 Å². The molecular weight excluding hydrogens is 307 g/mol. The zero-order chi connectivity index (χ0) is 15.4. The SMILES string of the molecule is COc1ccc(C)cc1CC(=O)Cc1c(Cl)cccc1Cl. The van der Waals surface area contributed by atoms with Crippen LogP contribution in [0.2, 0.25) is 10.0 Å². The van der Waals surface area contributed by atoms with Crippen LogP contribution >= 0.6 is 23.2 Å². The van der Waals surface area contributed by atoms with Crippen molar-refractivity contribution in [2.45, 2.75) is 19.8 Å². The number of hydrogen-bond donors (Lipinski definition) is 0. The van der Waals surface area contributed by atoms with Gasteiger partial charge in [-0.15, -0.1) is 0 Å². The molecule has 0 saturated heterocycles. The largest absolute Gasteiger partial charge is 0.496 e. The van der Waals surface area contributed by atoms with Crippen LogP contribution in [-0.4, -0.2) is 12.9 Å². The van der Waals surface area contributed by atoms with Crippen molar-refractivity contribution in [2.75, 3.05) is 7.11 Å². The number of hydrogen-bond acceptors (Lipinski definition) is 2. The number of aryl methyl sites for hydroxylation is 1. The van der Waals surface area contributed by atoms with Gasteiger partial charge < -0.3 is 4.74 Å². The molecule has 110 valence electrons. The highest BCUT2D eigenvalue weighted by Crippen LogP contribution is 2.26. The molecule has 2 nitrogen and oxygen atoms in total. The molecule has 0 fully saturated rings. The van der Waals surface area contributed by atoms with Crippen LogP contribution in [0.25, 0.3) is 0 Å². The molecule has 0 aliphatic carbocycles. The van der Waals surface area contributed by atoms with Gasteiger partial charge in [0.05, 0.1) is 7.11 Å². The van der Waals surface area contributed by atoms with E-state index in [9.17, 15) is 4.79 Å². The Morgan fingerprint density at radius 3 is 2.38 bits per heavy atom. The maximum atomic E-state index is 12.3. The van der Waals surface area contributed by atoms with E-state index in [1.807, 2.05) is 25.1 Å². The van der Waals surface area contributed by atoms with E-state index in [1.165, 1.54) is 0 Å². The number of ketones is 1. The summed E-state index contributed by atoms with van der Waals surface area (Å²) in [5.74, 6) is 0.771. The third-order valence-electron chi connectivity index (χ3n) is 3.26. The molecule has 4 heteroatoms. The summed E-state index contributed by atoms with van der Waals surface area (Å²) in [7, 11) is 1.60. The Labute approximate surface area is 134 Å². The molecule has 0 aliphatic heterocycles. The molecule has 0 bridgehead atoms.